The van der Waals surface area contributed by atoms with Gasteiger partial charge in [-0.25, -0.2) is 0 Å². The summed E-state index contributed by atoms with van der Waals surface area (Å²) in [5.74, 6) is -0.686. The van der Waals surface area contributed by atoms with Gasteiger partial charge in [0, 0.05) is 6.42 Å². The lowest BCUT2D eigenvalue weighted by Gasteiger charge is -1.96. The number of carbonyl (C=O) groups is 1. The Bertz CT molecular complexity index is 267. The molecule has 1 N–H and O–H groups in total. The van der Waals surface area contributed by atoms with E-state index in [0.717, 1.165) is 32.1 Å². The van der Waals surface area contributed by atoms with E-state index in [2.05, 4.69) is 31.2 Å². The quantitative estimate of drug-likeness (QED) is 0.318. The largest absolute Gasteiger partial charge is 0.481 e. The van der Waals surface area contributed by atoms with Crippen LogP contribution in [0.3, 0.4) is 0 Å². The highest BCUT2D eigenvalue weighted by atomic mass is 16.4. The fraction of sp³-hybridized carbons (Fsp3) is 0.722. The van der Waals surface area contributed by atoms with Gasteiger partial charge >= 0.3 is 5.97 Å². The first-order valence-corrected chi connectivity index (χ1v) is 8.29. The molecule has 0 spiro atoms. The molecule has 116 valence electrons. The maximum atomic E-state index is 10.3. The van der Waals surface area contributed by atoms with Crippen LogP contribution in [0.15, 0.2) is 24.3 Å². The molecule has 0 aromatic rings. The fourth-order valence-corrected chi connectivity index (χ4v) is 2.07. The molecule has 0 aromatic heterocycles. The number of allylic oxidation sites excluding steroid dienone is 4. The SMILES string of the molecule is CCCCCCC/C=C\CC/C=C\CCCCC(=O)O. The van der Waals surface area contributed by atoms with Crippen LogP contribution in [0.5, 0.6) is 0 Å². The summed E-state index contributed by atoms with van der Waals surface area (Å²) in [5, 5.41) is 8.49. The van der Waals surface area contributed by atoms with Gasteiger partial charge in [0.15, 0.2) is 0 Å². The molecule has 0 amide bonds. The van der Waals surface area contributed by atoms with Crippen LogP contribution in [0.4, 0.5) is 0 Å². The van der Waals surface area contributed by atoms with Gasteiger partial charge in [-0.3, -0.25) is 4.79 Å². The highest BCUT2D eigenvalue weighted by Crippen LogP contribution is 2.06. The minimum atomic E-state index is -0.686. The molecule has 0 atom stereocenters. The zero-order valence-corrected chi connectivity index (χ0v) is 13.2. The Balaban J connectivity index is 3.19. The van der Waals surface area contributed by atoms with Gasteiger partial charge in [0.25, 0.3) is 0 Å². The van der Waals surface area contributed by atoms with Crippen molar-refractivity contribution in [2.24, 2.45) is 0 Å². The third-order valence-electron chi connectivity index (χ3n) is 3.32. The van der Waals surface area contributed by atoms with E-state index >= 15 is 0 Å². The van der Waals surface area contributed by atoms with Crippen LogP contribution in [-0.2, 0) is 4.79 Å². The summed E-state index contributed by atoms with van der Waals surface area (Å²) >= 11 is 0. The Hall–Kier alpha value is -1.05. The highest BCUT2D eigenvalue weighted by molar-refractivity contribution is 5.66. The van der Waals surface area contributed by atoms with Crippen LogP contribution >= 0.6 is 0 Å². The van der Waals surface area contributed by atoms with E-state index in [1.165, 1.54) is 38.5 Å². The summed E-state index contributed by atoms with van der Waals surface area (Å²) in [6.45, 7) is 2.25. The molecule has 0 unspecified atom stereocenters. The summed E-state index contributed by atoms with van der Waals surface area (Å²) in [4.78, 5) is 10.3. The average Bonchev–Trinajstić information content (AvgIpc) is 2.43. The second kappa shape index (κ2) is 16.0. The normalized spacial score (nSPS) is 11.7. The zero-order chi connectivity index (χ0) is 14.9. The van der Waals surface area contributed by atoms with Crippen molar-refractivity contribution in [2.45, 2.75) is 84.0 Å². The Morgan fingerprint density at radius 2 is 1.25 bits per heavy atom. The van der Waals surface area contributed by atoms with Crippen LogP contribution in [-0.4, -0.2) is 11.1 Å². The average molecular weight is 280 g/mol. The summed E-state index contributed by atoms with van der Waals surface area (Å²) in [5.41, 5.74) is 0. The molecule has 0 aliphatic rings. The molecule has 0 rings (SSSR count). The molecule has 0 aromatic carbocycles. The van der Waals surface area contributed by atoms with Crippen LogP contribution in [0, 0.1) is 0 Å². The first kappa shape index (κ1) is 18.9. The first-order valence-electron chi connectivity index (χ1n) is 8.29. The van der Waals surface area contributed by atoms with Crippen LogP contribution < -0.4 is 0 Å². The molecule has 0 aliphatic carbocycles. The van der Waals surface area contributed by atoms with Gasteiger partial charge in [-0.05, 0) is 44.9 Å². The Labute approximate surface area is 125 Å². The molecular formula is C18H32O2. The van der Waals surface area contributed by atoms with E-state index in [1.54, 1.807) is 0 Å². The third-order valence-corrected chi connectivity index (χ3v) is 3.32. The number of carboxylic acids is 1. The topological polar surface area (TPSA) is 37.3 Å². The molecule has 0 heterocycles. The molecule has 0 saturated carbocycles. The van der Waals surface area contributed by atoms with Crippen LogP contribution in [0.25, 0.3) is 0 Å². The summed E-state index contributed by atoms with van der Waals surface area (Å²) in [6.07, 6.45) is 22.3. The summed E-state index contributed by atoms with van der Waals surface area (Å²) in [7, 11) is 0. The predicted octanol–water partition coefficient (Wildman–Crippen LogP) is 5.88. The lowest BCUT2D eigenvalue weighted by molar-refractivity contribution is -0.137. The number of unbranched alkanes of at least 4 members (excludes halogenated alkanes) is 8. The van der Waals surface area contributed by atoms with Gasteiger partial charge in [0.1, 0.15) is 0 Å². The maximum absolute atomic E-state index is 10.3. The third kappa shape index (κ3) is 16.9. The zero-order valence-electron chi connectivity index (χ0n) is 13.2. The summed E-state index contributed by atoms with van der Waals surface area (Å²) in [6, 6.07) is 0. The molecule has 2 heteroatoms. The van der Waals surface area contributed by atoms with E-state index < -0.39 is 5.97 Å². The van der Waals surface area contributed by atoms with Gasteiger partial charge in [0.2, 0.25) is 0 Å². The van der Waals surface area contributed by atoms with Gasteiger partial charge in [0.05, 0.1) is 0 Å². The maximum Gasteiger partial charge on any atom is 0.303 e. The Morgan fingerprint density at radius 1 is 0.750 bits per heavy atom. The number of aliphatic carboxylic acids is 1. The molecule has 0 saturated heterocycles. The second-order valence-corrected chi connectivity index (χ2v) is 5.36. The smallest absolute Gasteiger partial charge is 0.303 e. The monoisotopic (exact) mass is 280 g/mol. The highest BCUT2D eigenvalue weighted by Gasteiger charge is 1.94. The van der Waals surface area contributed by atoms with Crippen molar-refractivity contribution in [3.05, 3.63) is 24.3 Å². The fourth-order valence-electron chi connectivity index (χ4n) is 2.07. The molecule has 0 aliphatic heterocycles. The van der Waals surface area contributed by atoms with E-state index in [4.69, 9.17) is 5.11 Å². The minimum Gasteiger partial charge on any atom is -0.481 e. The molecule has 0 fully saturated rings. The number of hydrogen-bond donors (Lipinski definition) is 1. The van der Waals surface area contributed by atoms with E-state index in [0.29, 0.717) is 6.42 Å². The van der Waals surface area contributed by atoms with Crippen LogP contribution in [0.1, 0.15) is 84.0 Å². The van der Waals surface area contributed by atoms with E-state index in [1.807, 2.05) is 0 Å². The number of rotatable bonds is 14. The van der Waals surface area contributed by atoms with Gasteiger partial charge in [-0.1, -0.05) is 56.9 Å². The van der Waals surface area contributed by atoms with Crippen LogP contribution in [0.2, 0.25) is 0 Å². The van der Waals surface area contributed by atoms with Gasteiger partial charge in [-0.15, -0.1) is 0 Å². The molecule has 20 heavy (non-hydrogen) atoms. The van der Waals surface area contributed by atoms with E-state index in [-0.39, 0.29) is 0 Å². The van der Waals surface area contributed by atoms with Gasteiger partial charge < -0.3 is 5.11 Å². The molecule has 0 bridgehead atoms. The molecule has 0 radical (unpaired) electrons. The minimum absolute atomic E-state index is 0.300. The Kier molecular flexibility index (Phi) is 15.2. The predicted molar refractivity (Wildman–Crippen MR) is 87.0 cm³/mol. The van der Waals surface area contributed by atoms with Crippen molar-refractivity contribution in [1.29, 1.82) is 0 Å². The van der Waals surface area contributed by atoms with Gasteiger partial charge in [-0.2, -0.15) is 0 Å². The summed E-state index contributed by atoms with van der Waals surface area (Å²) < 4.78 is 0. The van der Waals surface area contributed by atoms with E-state index in [9.17, 15) is 4.79 Å². The first-order chi connectivity index (χ1) is 9.77. The Morgan fingerprint density at radius 3 is 1.80 bits per heavy atom. The molecular weight excluding hydrogens is 248 g/mol. The lowest BCUT2D eigenvalue weighted by atomic mass is 10.1. The standard InChI is InChI=1S/C18H32O2/c1-2-3-4-5-6-7-8-9-10-11-12-13-14-15-16-17-18(19)20/h8-9,12-13H,2-7,10-11,14-17H2,1H3,(H,19,20)/b9-8-,13-12-. The van der Waals surface area contributed by atoms with Crippen molar-refractivity contribution in [3.8, 4) is 0 Å². The number of hydrogen-bond acceptors (Lipinski definition) is 1. The van der Waals surface area contributed by atoms with Crippen molar-refractivity contribution in [2.75, 3.05) is 0 Å². The lowest BCUT2D eigenvalue weighted by Crippen LogP contribution is -1.92. The number of carboxylic acid groups (broad SMARTS) is 1. The van der Waals surface area contributed by atoms with Crippen molar-refractivity contribution < 1.29 is 9.90 Å². The molecule has 2 nitrogen and oxygen atoms in total. The van der Waals surface area contributed by atoms with Crippen molar-refractivity contribution in [3.63, 3.8) is 0 Å². The second-order valence-electron chi connectivity index (χ2n) is 5.36. The van der Waals surface area contributed by atoms with Crippen molar-refractivity contribution in [1.82, 2.24) is 0 Å². The van der Waals surface area contributed by atoms with Crippen molar-refractivity contribution >= 4 is 5.97 Å².